The Balaban J connectivity index is 0.00000220. The number of hydrogen-bond donors (Lipinski definition) is 2. The SMILES string of the molecule is CC(CNC(=O)C1(N)CCCC1)Oc1ccccc1Br.Cl. The van der Waals surface area contributed by atoms with Crippen LogP contribution in [0.2, 0.25) is 0 Å². The first-order chi connectivity index (χ1) is 9.51. The largest absolute Gasteiger partial charge is 0.488 e. The van der Waals surface area contributed by atoms with Crippen LogP contribution in [0.1, 0.15) is 32.6 Å². The maximum atomic E-state index is 12.1. The van der Waals surface area contributed by atoms with Gasteiger partial charge in [-0.25, -0.2) is 0 Å². The Morgan fingerprint density at radius 2 is 2.05 bits per heavy atom. The normalized spacial score (nSPS) is 17.7. The van der Waals surface area contributed by atoms with Gasteiger partial charge < -0.3 is 15.8 Å². The highest BCUT2D eigenvalue weighted by Gasteiger charge is 2.36. The average molecular weight is 378 g/mol. The number of rotatable bonds is 5. The monoisotopic (exact) mass is 376 g/mol. The standard InChI is InChI=1S/C15H21BrN2O2.ClH/c1-11(20-13-7-3-2-6-12(13)16)10-18-14(19)15(17)8-4-5-9-15;/h2-3,6-7,11H,4-5,8-10,17H2,1H3,(H,18,19);1H. The lowest BCUT2D eigenvalue weighted by Crippen LogP contribution is -2.53. The maximum absolute atomic E-state index is 12.1. The van der Waals surface area contributed by atoms with Gasteiger partial charge in [0.05, 0.1) is 16.6 Å². The van der Waals surface area contributed by atoms with Gasteiger partial charge in [0.15, 0.2) is 0 Å². The third kappa shape index (κ3) is 4.87. The van der Waals surface area contributed by atoms with Gasteiger partial charge in [-0.2, -0.15) is 0 Å². The molecule has 0 spiro atoms. The van der Waals surface area contributed by atoms with E-state index in [0.717, 1.165) is 35.9 Å². The highest BCUT2D eigenvalue weighted by Crippen LogP contribution is 2.27. The zero-order valence-corrected chi connectivity index (χ0v) is 14.5. The van der Waals surface area contributed by atoms with Gasteiger partial charge in [-0.15, -0.1) is 12.4 Å². The van der Waals surface area contributed by atoms with Gasteiger partial charge in [0.25, 0.3) is 0 Å². The molecule has 1 aliphatic carbocycles. The molecule has 0 bridgehead atoms. The number of amides is 1. The summed E-state index contributed by atoms with van der Waals surface area (Å²) in [6.07, 6.45) is 3.51. The molecule has 0 aromatic heterocycles. The lowest BCUT2D eigenvalue weighted by Gasteiger charge is -2.24. The fourth-order valence-electron chi connectivity index (χ4n) is 2.44. The molecule has 1 atom stereocenters. The Morgan fingerprint density at radius 3 is 2.67 bits per heavy atom. The molecular weight excluding hydrogens is 356 g/mol. The molecule has 21 heavy (non-hydrogen) atoms. The van der Waals surface area contributed by atoms with Gasteiger partial charge in [0, 0.05) is 0 Å². The van der Waals surface area contributed by atoms with Crippen LogP contribution in [0.4, 0.5) is 0 Å². The molecule has 4 nitrogen and oxygen atoms in total. The van der Waals surface area contributed by atoms with E-state index < -0.39 is 5.54 Å². The molecule has 3 N–H and O–H groups in total. The molecule has 0 saturated heterocycles. The molecular formula is C15H22BrClN2O2. The number of ether oxygens (including phenoxy) is 1. The van der Waals surface area contributed by atoms with Crippen LogP contribution in [0.15, 0.2) is 28.7 Å². The number of nitrogens with one attached hydrogen (secondary N) is 1. The van der Waals surface area contributed by atoms with Crippen molar-refractivity contribution in [3.63, 3.8) is 0 Å². The van der Waals surface area contributed by atoms with Crippen molar-refractivity contribution in [1.29, 1.82) is 0 Å². The van der Waals surface area contributed by atoms with E-state index in [0.29, 0.717) is 6.54 Å². The van der Waals surface area contributed by atoms with Crippen molar-refractivity contribution in [2.75, 3.05) is 6.54 Å². The number of nitrogens with two attached hydrogens (primary N) is 1. The Morgan fingerprint density at radius 1 is 1.43 bits per heavy atom. The predicted molar refractivity (Wildman–Crippen MR) is 89.9 cm³/mol. The van der Waals surface area contributed by atoms with E-state index in [1.807, 2.05) is 31.2 Å². The Bertz CT molecular complexity index is 478. The third-order valence-corrected chi connectivity index (χ3v) is 4.32. The second kappa shape index (κ2) is 8.01. The van der Waals surface area contributed by atoms with Gasteiger partial charge >= 0.3 is 0 Å². The van der Waals surface area contributed by atoms with Gasteiger partial charge in [-0.3, -0.25) is 4.79 Å². The zero-order valence-electron chi connectivity index (χ0n) is 12.1. The molecule has 0 heterocycles. The smallest absolute Gasteiger partial charge is 0.240 e. The maximum Gasteiger partial charge on any atom is 0.240 e. The summed E-state index contributed by atoms with van der Waals surface area (Å²) in [6.45, 7) is 2.39. The summed E-state index contributed by atoms with van der Waals surface area (Å²) in [5.41, 5.74) is 5.43. The number of carbonyl (C=O) groups excluding carboxylic acids is 1. The molecule has 1 unspecified atom stereocenters. The summed E-state index contributed by atoms with van der Waals surface area (Å²) in [4.78, 5) is 12.1. The van der Waals surface area contributed by atoms with Gasteiger partial charge in [-0.05, 0) is 47.8 Å². The lowest BCUT2D eigenvalue weighted by atomic mass is 9.98. The molecule has 0 radical (unpaired) electrons. The Labute approximate surface area is 140 Å². The van der Waals surface area contributed by atoms with Crippen molar-refractivity contribution in [3.05, 3.63) is 28.7 Å². The Hall–Kier alpha value is -0.780. The molecule has 1 fully saturated rings. The molecule has 0 aliphatic heterocycles. The number of carbonyl (C=O) groups is 1. The van der Waals surface area contributed by atoms with Crippen LogP contribution in [0.3, 0.4) is 0 Å². The molecule has 6 heteroatoms. The van der Waals surface area contributed by atoms with Crippen molar-refractivity contribution < 1.29 is 9.53 Å². The highest BCUT2D eigenvalue weighted by molar-refractivity contribution is 9.10. The molecule has 118 valence electrons. The van der Waals surface area contributed by atoms with E-state index in [9.17, 15) is 4.79 Å². The summed E-state index contributed by atoms with van der Waals surface area (Å²) in [7, 11) is 0. The minimum atomic E-state index is -0.674. The van der Waals surface area contributed by atoms with Gasteiger partial charge in [-0.1, -0.05) is 25.0 Å². The molecule has 2 rings (SSSR count). The summed E-state index contributed by atoms with van der Waals surface area (Å²) < 4.78 is 6.70. The molecule has 1 saturated carbocycles. The van der Waals surface area contributed by atoms with Crippen LogP contribution in [0, 0.1) is 0 Å². The lowest BCUT2D eigenvalue weighted by molar-refractivity contribution is -0.126. The summed E-state index contributed by atoms with van der Waals surface area (Å²) in [5, 5.41) is 2.90. The summed E-state index contributed by atoms with van der Waals surface area (Å²) >= 11 is 3.43. The van der Waals surface area contributed by atoms with E-state index in [-0.39, 0.29) is 24.4 Å². The zero-order chi connectivity index (χ0) is 14.6. The minimum Gasteiger partial charge on any atom is -0.488 e. The molecule has 1 aliphatic rings. The first kappa shape index (κ1) is 18.3. The fraction of sp³-hybridized carbons (Fsp3) is 0.533. The molecule has 1 amide bonds. The highest BCUT2D eigenvalue weighted by atomic mass is 79.9. The van der Waals surface area contributed by atoms with Crippen LogP contribution in [-0.4, -0.2) is 24.1 Å². The van der Waals surface area contributed by atoms with Crippen LogP contribution in [0.5, 0.6) is 5.75 Å². The average Bonchev–Trinajstić information content (AvgIpc) is 2.87. The van der Waals surface area contributed by atoms with Crippen LogP contribution in [0.25, 0.3) is 0 Å². The van der Waals surface area contributed by atoms with E-state index >= 15 is 0 Å². The first-order valence-corrected chi connectivity index (χ1v) is 7.79. The molecule has 1 aromatic carbocycles. The summed E-state index contributed by atoms with van der Waals surface area (Å²) in [5.74, 6) is 0.718. The number of para-hydroxylation sites is 1. The quantitative estimate of drug-likeness (QED) is 0.829. The second-order valence-corrected chi connectivity index (χ2v) is 6.29. The molecule has 1 aromatic rings. The first-order valence-electron chi connectivity index (χ1n) is 7.00. The predicted octanol–water partition coefficient (Wildman–Crippen LogP) is 3.03. The van der Waals surface area contributed by atoms with E-state index in [1.54, 1.807) is 0 Å². The van der Waals surface area contributed by atoms with Crippen molar-refractivity contribution in [2.24, 2.45) is 5.73 Å². The Kier molecular flexibility index (Phi) is 6.97. The van der Waals surface area contributed by atoms with Crippen molar-refractivity contribution in [2.45, 2.75) is 44.2 Å². The second-order valence-electron chi connectivity index (χ2n) is 5.43. The van der Waals surface area contributed by atoms with Crippen LogP contribution < -0.4 is 15.8 Å². The number of benzene rings is 1. The number of halogens is 2. The van der Waals surface area contributed by atoms with E-state index in [2.05, 4.69) is 21.2 Å². The van der Waals surface area contributed by atoms with E-state index in [4.69, 9.17) is 10.5 Å². The van der Waals surface area contributed by atoms with Gasteiger partial charge in [0.1, 0.15) is 11.9 Å². The van der Waals surface area contributed by atoms with Crippen LogP contribution >= 0.6 is 28.3 Å². The third-order valence-electron chi connectivity index (χ3n) is 3.66. The van der Waals surface area contributed by atoms with Gasteiger partial charge in [0.2, 0.25) is 5.91 Å². The summed E-state index contributed by atoms with van der Waals surface area (Å²) in [6, 6.07) is 7.66. The topological polar surface area (TPSA) is 64.4 Å². The van der Waals surface area contributed by atoms with Crippen molar-refractivity contribution >= 4 is 34.2 Å². The number of hydrogen-bond acceptors (Lipinski definition) is 3. The fourth-order valence-corrected chi connectivity index (χ4v) is 2.82. The minimum absolute atomic E-state index is 0. The van der Waals surface area contributed by atoms with Crippen molar-refractivity contribution in [3.8, 4) is 5.75 Å². The van der Waals surface area contributed by atoms with Crippen LogP contribution in [-0.2, 0) is 4.79 Å². The van der Waals surface area contributed by atoms with E-state index in [1.165, 1.54) is 0 Å². The van der Waals surface area contributed by atoms with Crippen molar-refractivity contribution in [1.82, 2.24) is 5.32 Å².